The maximum atomic E-state index is 12.6. The molecule has 0 amide bonds. The van der Waals surface area contributed by atoms with Crippen molar-refractivity contribution in [3.63, 3.8) is 0 Å². The molecule has 1 atom stereocenters. The van der Waals surface area contributed by atoms with Crippen LogP contribution < -0.4 is 4.72 Å². The molecule has 2 rings (SSSR count). The minimum absolute atomic E-state index is 0.0474. The molecule has 0 unspecified atom stereocenters. The van der Waals surface area contributed by atoms with Crippen LogP contribution in [0.2, 0.25) is 5.02 Å². The van der Waals surface area contributed by atoms with E-state index < -0.39 is 22.0 Å². The number of sulfonamides is 1. The molecule has 0 saturated carbocycles. The Bertz CT molecular complexity index is 793. The second-order valence-corrected chi connectivity index (χ2v) is 8.53. The van der Waals surface area contributed by atoms with Crippen molar-refractivity contribution < 1.29 is 17.9 Å². The molecule has 0 fully saturated rings. The Morgan fingerprint density at radius 1 is 1.43 bits per heavy atom. The molecule has 0 aliphatic carbocycles. The number of carbonyl (C=O) groups is 1. The van der Waals surface area contributed by atoms with Crippen LogP contribution in [0.5, 0.6) is 0 Å². The zero-order chi connectivity index (χ0) is 17.0. The molecular weight excluding hydrogens is 426 g/mol. The summed E-state index contributed by atoms with van der Waals surface area (Å²) in [5.74, 6) is -0.506. The average molecular weight is 439 g/mol. The van der Waals surface area contributed by atoms with E-state index in [0.717, 1.165) is 0 Å². The van der Waals surface area contributed by atoms with E-state index in [1.54, 1.807) is 23.6 Å². The molecular formula is C14H13BrClNO4S2. The normalized spacial score (nSPS) is 12.8. The third-order valence-electron chi connectivity index (χ3n) is 2.97. The maximum absolute atomic E-state index is 12.6. The van der Waals surface area contributed by atoms with Crippen LogP contribution in [0, 0.1) is 0 Å². The Morgan fingerprint density at radius 3 is 2.74 bits per heavy atom. The van der Waals surface area contributed by atoms with Crippen LogP contribution in [0.1, 0.15) is 17.3 Å². The predicted octanol–water partition coefficient (Wildman–Crippen LogP) is 3.75. The van der Waals surface area contributed by atoms with Crippen molar-refractivity contribution in [1.82, 2.24) is 4.72 Å². The lowest BCUT2D eigenvalue weighted by Crippen LogP contribution is -2.30. The van der Waals surface area contributed by atoms with Crippen molar-refractivity contribution in [1.29, 1.82) is 0 Å². The van der Waals surface area contributed by atoms with Crippen LogP contribution in [-0.4, -0.2) is 21.5 Å². The number of methoxy groups -OCH3 is 1. The summed E-state index contributed by atoms with van der Waals surface area (Å²) in [5, 5.41) is 1.90. The Labute approximate surface area is 151 Å². The van der Waals surface area contributed by atoms with Crippen LogP contribution in [0.4, 0.5) is 0 Å². The van der Waals surface area contributed by atoms with Gasteiger partial charge in [0.05, 0.1) is 24.6 Å². The molecule has 1 aromatic heterocycles. The average Bonchev–Trinajstić information content (AvgIpc) is 2.99. The van der Waals surface area contributed by atoms with E-state index >= 15 is 0 Å². The van der Waals surface area contributed by atoms with Gasteiger partial charge in [0.15, 0.2) is 0 Å². The summed E-state index contributed by atoms with van der Waals surface area (Å²) in [7, 11) is -2.63. The number of rotatable bonds is 6. The number of hydrogen-bond donors (Lipinski definition) is 1. The highest BCUT2D eigenvalue weighted by Gasteiger charge is 2.26. The number of carbonyl (C=O) groups excluding carboxylic acids is 1. The number of esters is 1. The number of benzene rings is 1. The quantitative estimate of drug-likeness (QED) is 0.697. The molecule has 23 heavy (non-hydrogen) atoms. The van der Waals surface area contributed by atoms with E-state index in [1.165, 1.54) is 30.6 Å². The Morgan fingerprint density at radius 2 is 2.17 bits per heavy atom. The summed E-state index contributed by atoms with van der Waals surface area (Å²) in [6.07, 6.45) is -0.107. The van der Waals surface area contributed by atoms with Gasteiger partial charge in [-0.3, -0.25) is 4.79 Å². The molecule has 124 valence electrons. The van der Waals surface area contributed by atoms with Crippen LogP contribution >= 0.6 is 38.9 Å². The summed E-state index contributed by atoms with van der Waals surface area (Å²) in [4.78, 5) is 12.2. The molecule has 1 aromatic carbocycles. The number of nitrogens with one attached hydrogen (secondary N) is 1. The van der Waals surface area contributed by atoms with Gasteiger partial charge < -0.3 is 4.74 Å². The topological polar surface area (TPSA) is 72.5 Å². The first-order valence-electron chi connectivity index (χ1n) is 6.41. The molecule has 0 saturated heterocycles. The van der Waals surface area contributed by atoms with Crippen molar-refractivity contribution in [3.8, 4) is 0 Å². The number of thiophene rings is 1. The van der Waals surface area contributed by atoms with Gasteiger partial charge in [0.1, 0.15) is 4.90 Å². The minimum atomic E-state index is -3.89. The van der Waals surface area contributed by atoms with E-state index in [0.29, 0.717) is 9.35 Å². The summed E-state index contributed by atoms with van der Waals surface area (Å²) in [5.41, 5.74) is 0. The van der Waals surface area contributed by atoms with Crippen LogP contribution in [0.15, 0.2) is 45.1 Å². The Hall–Kier alpha value is -0.930. The second-order valence-electron chi connectivity index (χ2n) is 4.54. The maximum Gasteiger partial charge on any atom is 0.307 e. The first kappa shape index (κ1) is 18.4. The van der Waals surface area contributed by atoms with Gasteiger partial charge >= 0.3 is 5.97 Å². The monoisotopic (exact) mass is 437 g/mol. The summed E-state index contributed by atoms with van der Waals surface area (Å²) < 4.78 is 33.0. The largest absolute Gasteiger partial charge is 0.469 e. The molecule has 1 N–H and O–H groups in total. The van der Waals surface area contributed by atoms with Crippen molar-refractivity contribution in [2.45, 2.75) is 17.4 Å². The van der Waals surface area contributed by atoms with Gasteiger partial charge in [-0.25, -0.2) is 13.1 Å². The zero-order valence-corrected chi connectivity index (χ0v) is 15.9. The van der Waals surface area contributed by atoms with Gasteiger partial charge in [-0.2, -0.15) is 0 Å². The lowest BCUT2D eigenvalue weighted by Gasteiger charge is -2.17. The Balaban J connectivity index is 2.32. The summed E-state index contributed by atoms with van der Waals surface area (Å²) in [6.45, 7) is 0. The number of halogens is 2. The van der Waals surface area contributed by atoms with Gasteiger partial charge in [-0.1, -0.05) is 33.6 Å². The molecule has 1 heterocycles. The SMILES string of the molecule is COC(=O)C[C@H](NS(=O)(=O)c1ccc(Br)cc1Cl)c1cccs1. The molecule has 9 heteroatoms. The van der Waals surface area contributed by atoms with Gasteiger partial charge in [-0.15, -0.1) is 11.3 Å². The van der Waals surface area contributed by atoms with E-state index in [4.69, 9.17) is 11.6 Å². The second kappa shape index (κ2) is 7.76. The molecule has 5 nitrogen and oxygen atoms in total. The first-order valence-corrected chi connectivity index (χ1v) is 9.94. The van der Waals surface area contributed by atoms with Gasteiger partial charge in [0.25, 0.3) is 0 Å². The lowest BCUT2D eigenvalue weighted by atomic mass is 10.2. The highest BCUT2D eigenvalue weighted by Crippen LogP contribution is 2.29. The van der Waals surface area contributed by atoms with E-state index in [2.05, 4.69) is 25.4 Å². The van der Waals surface area contributed by atoms with Crippen molar-refractivity contribution in [2.75, 3.05) is 7.11 Å². The summed E-state index contributed by atoms with van der Waals surface area (Å²) in [6, 6.07) is 7.30. The highest BCUT2D eigenvalue weighted by atomic mass is 79.9. The standard InChI is InChI=1S/C14H13BrClNO4S2/c1-21-14(18)8-11(12-3-2-6-22-12)17-23(19,20)13-5-4-9(15)7-10(13)16/h2-7,11,17H,8H2,1H3/t11-/m0/s1. The molecule has 0 aliphatic rings. The van der Waals surface area contributed by atoms with Crippen LogP contribution in [0.25, 0.3) is 0 Å². The molecule has 0 bridgehead atoms. The summed E-state index contributed by atoms with van der Waals surface area (Å²) >= 11 is 10.6. The Kier molecular flexibility index (Phi) is 6.21. The third-order valence-corrected chi connectivity index (χ3v) is 6.40. The lowest BCUT2D eigenvalue weighted by molar-refractivity contribution is -0.141. The molecule has 0 radical (unpaired) electrons. The fraction of sp³-hybridized carbons (Fsp3) is 0.214. The van der Waals surface area contributed by atoms with E-state index in [9.17, 15) is 13.2 Å². The highest BCUT2D eigenvalue weighted by molar-refractivity contribution is 9.10. The van der Waals surface area contributed by atoms with Gasteiger partial charge in [-0.05, 0) is 29.6 Å². The number of hydrogen-bond acceptors (Lipinski definition) is 5. The van der Waals surface area contributed by atoms with Gasteiger partial charge in [0, 0.05) is 9.35 Å². The zero-order valence-electron chi connectivity index (χ0n) is 12.0. The first-order chi connectivity index (χ1) is 10.8. The molecule has 0 spiro atoms. The fourth-order valence-corrected chi connectivity index (χ4v) is 4.99. The van der Waals surface area contributed by atoms with E-state index in [1.807, 2.05) is 0 Å². The fourth-order valence-electron chi connectivity index (χ4n) is 1.88. The molecule has 0 aliphatic heterocycles. The van der Waals surface area contributed by atoms with Crippen molar-refractivity contribution >= 4 is 54.9 Å². The van der Waals surface area contributed by atoms with E-state index in [-0.39, 0.29) is 16.3 Å². The van der Waals surface area contributed by atoms with Crippen molar-refractivity contribution in [2.24, 2.45) is 0 Å². The molecule has 2 aromatic rings. The predicted molar refractivity (Wildman–Crippen MR) is 93.2 cm³/mol. The van der Waals surface area contributed by atoms with Crippen LogP contribution in [-0.2, 0) is 19.6 Å². The smallest absolute Gasteiger partial charge is 0.307 e. The van der Waals surface area contributed by atoms with Crippen LogP contribution in [0.3, 0.4) is 0 Å². The third kappa shape index (κ3) is 4.77. The van der Waals surface area contributed by atoms with Crippen molar-refractivity contribution in [3.05, 3.63) is 50.1 Å². The minimum Gasteiger partial charge on any atom is -0.469 e. The van der Waals surface area contributed by atoms with Gasteiger partial charge in [0.2, 0.25) is 10.0 Å². The number of ether oxygens (including phenoxy) is 1.